The van der Waals surface area contributed by atoms with Gasteiger partial charge in [0, 0.05) is 73.3 Å². The summed E-state index contributed by atoms with van der Waals surface area (Å²) in [5.74, 6) is 1.20. The Balaban J connectivity index is 1.91. The topological polar surface area (TPSA) is 97.4 Å². The lowest BCUT2D eigenvalue weighted by atomic mass is 9.92. The predicted octanol–water partition coefficient (Wildman–Crippen LogP) is 4.91. The molecule has 36 heavy (non-hydrogen) atoms. The van der Waals surface area contributed by atoms with E-state index in [9.17, 15) is 14.4 Å². The molecule has 2 amide bonds. The molecule has 9 heteroatoms. The number of nitrogens with one attached hydrogen (secondary N) is 1. The van der Waals surface area contributed by atoms with Gasteiger partial charge in [0.25, 0.3) is 0 Å². The molecule has 1 heterocycles. The zero-order valence-corrected chi connectivity index (χ0v) is 21.4. The average Bonchev–Trinajstić information content (AvgIpc) is 2.89. The zero-order chi connectivity index (χ0) is 26.2. The number of carbonyl (C=O) groups excluding carboxylic acids is 3. The van der Waals surface area contributed by atoms with Gasteiger partial charge < -0.3 is 29.3 Å². The van der Waals surface area contributed by atoms with E-state index in [1.807, 2.05) is 27.7 Å². The normalized spacial score (nSPS) is 12.2. The molecule has 2 aromatic rings. The summed E-state index contributed by atoms with van der Waals surface area (Å²) in [5.41, 5.74) is 3.21. The van der Waals surface area contributed by atoms with E-state index in [2.05, 4.69) is 5.32 Å². The van der Waals surface area contributed by atoms with Crippen molar-refractivity contribution >= 4 is 35.3 Å². The van der Waals surface area contributed by atoms with Crippen molar-refractivity contribution in [3.63, 3.8) is 0 Å². The van der Waals surface area contributed by atoms with E-state index >= 15 is 0 Å². The zero-order valence-electron chi connectivity index (χ0n) is 21.4. The van der Waals surface area contributed by atoms with Gasteiger partial charge in [0.05, 0.1) is 0 Å². The van der Waals surface area contributed by atoms with Crippen LogP contribution in [0.4, 0.5) is 15.3 Å². The molecule has 0 spiro atoms. The molecule has 3 rings (SSSR count). The van der Waals surface area contributed by atoms with E-state index in [1.54, 1.807) is 53.2 Å². The number of ether oxygens (including phenoxy) is 3. The lowest BCUT2D eigenvalue weighted by molar-refractivity contribution is -0.103. The number of fused-ring (bicyclic) bond motifs is 1. The Morgan fingerprint density at radius 3 is 1.92 bits per heavy atom. The minimum absolute atomic E-state index is 0.141. The van der Waals surface area contributed by atoms with Crippen LogP contribution in [0.5, 0.6) is 17.2 Å². The second-order valence-electron chi connectivity index (χ2n) is 7.99. The number of nitrogens with zero attached hydrogens (tertiary/aromatic N) is 2. The Bertz CT molecular complexity index is 1150. The number of hydrogen-bond donors (Lipinski definition) is 1. The minimum Gasteiger partial charge on any atom is -0.488 e. The van der Waals surface area contributed by atoms with Crippen molar-refractivity contribution in [2.45, 2.75) is 27.7 Å². The number of hydrogen-bond acceptors (Lipinski definition) is 7. The standard InChI is InChI=1S/C27H33N3O6/c1-6-29(7-2)26(32)35-18-10-12-20(24(14-18)28-5)23-17-34-25-15-19(11-13-21(25)22(23)16-31)36-27(33)30(8-3)9-4/h10-16,28H,6-9,17H2,1-5H3. The lowest BCUT2D eigenvalue weighted by Gasteiger charge is -2.24. The van der Waals surface area contributed by atoms with Crippen LogP contribution in [0.25, 0.3) is 11.1 Å². The molecule has 0 saturated carbocycles. The third-order valence-corrected chi connectivity index (χ3v) is 6.10. The predicted molar refractivity (Wildman–Crippen MR) is 139 cm³/mol. The van der Waals surface area contributed by atoms with Gasteiger partial charge in [0.1, 0.15) is 23.9 Å². The second-order valence-corrected chi connectivity index (χ2v) is 7.99. The average molecular weight is 496 g/mol. The van der Waals surface area contributed by atoms with Crippen LogP contribution in [0.2, 0.25) is 0 Å². The second kappa shape index (κ2) is 12.1. The number of benzene rings is 2. The first kappa shape index (κ1) is 26.6. The van der Waals surface area contributed by atoms with E-state index in [0.717, 1.165) is 11.8 Å². The smallest absolute Gasteiger partial charge is 0.415 e. The van der Waals surface area contributed by atoms with Crippen molar-refractivity contribution in [1.82, 2.24) is 9.80 Å². The van der Waals surface area contributed by atoms with E-state index in [0.29, 0.717) is 65.8 Å². The Labute approximate surface area is 211 Å². The first-order valence-corrected chi connectivity index (χ1v) is 12.1. The van der Waals surface area contributed by atoms with Crippen molar-refractivity contribution in [3.8, 4) is 17.2 Å². The van der Waals surface area contributed by atoms with Gasteiger partial charge in [-0.05, 0) is 52.0 Å². The summed E-state index contributed by atoms with van der Waals surface area (Å²) in [5, 5.41) is 3.11. The molecular weight excluding hydrogens is 462 g/mol. The molecule has 0 saturated heterocycles. The third-order valence-electron chi connectivity index (χ3n) is 6.10. The van der Waals surface area contributed by atoms with Crippen LogP contribution in [0, 0.1) is 0 Å². The summed E-state index contributed by atoms with van der Waals surface area (Å²) in [6.07, 6.45) is -0.0653. The highest BCUT2D eigenvalue weighted by atomic mass is 16.6. The molecule has 1 aliphatic heterocycles. The van der Waals surface area contributed by atoms with Gasteiger partial charge in [0.2, 0.25) is 0 Å². The van der Waals surface area contributed by atoms with Crippen LogP contribution >= 0.6 is 0 Å². The van der Waals surface area contributed by atoms with Gasteiger partial charge in [-0.1, -0.05) is 0 Å². The van der Waals surface area contributed by atoms with Crippen LogP contribution in [0.15, 0.2) is 36.4 Å². The molecule has 9 nitrogen and oxygen atoms in total. The summed E-state index contributed by atoms with van der Waals surface area (Å²) in [4.78, 5) is 40.0. The molecule has 0 fully saturated rings. The fourth-order valence-electron chi connectivity index (χ4n) is 4.01. The minimum atomic E-state index is -0.442. The van der Waals surface area contributed by atoms with Gasteiger partial charge in [-0.25, -0.2) is 9.59 Å². The van der Waals surface area contributed by atoms with E-state index in [4.69, 9.17) is 14.2 Å². The number of carbonyl (C=O) groups is 3. The van der Waals surface area contributed by atoms with E-state index < -0.39 is 12.2 Å². The summed E-state index contributed by atoms with van der Waals surface area (Å²) in [6.45, 7) is 9.86. The molecular formula is C27H33N3O6. The maximum Gasteiger partial charge on any atom is 0.415 e. The number of aldehydes is 1. The molecule has 1 aliphatic rings. The van der Waals surface area contributed by atoms with Crippen LogP contribution in [0.3, 0.4) is 0 Å². The van der Waals surface area contributed by atoms with Gasteiger partial charge >= 0.3 is 12.2 Å². The fraction of sp³-hybridized carbons (Fsp3) is 0.370. The first-order valence-electron chi connectivity index (χ1n) is 12.1. The van der Waals surface area contributed by atoms with E-state index in [-0.39, 0.29) is 6.61 Å². The maximum atomic E-state index is 12.3. The Kier molecular flexibility index (Phi) is 8.94. The highest BCUT2D eigenvalue weighted by Crippen LogP contribution is 2.40. The number of amides is 2. The highest BCUT2D eigenvalue weighted by molar-refractivity contribution is 6.20. The Morgan fingerprint density at radius 1 is 0.889 bits per heavy atom. The molecule has 0 radical (unpaired) electrons. The van der Waals surface area contributed by atoms with E-state index in [1.165, 1.54) is 0 Å². The molecule has 192 valence electrons. The first-order chi connectivity index (χ1) is 17.4. The van der Waals surface area contributed by atoms with Gasteiger partial charge in [-0.2, -0.15) is 0 Å². The Hall–Kier alpha value is -4.01. The molecule has 0 atom stereocenters. The van der Waals surface area contributed by atoms with Crippen molar-refractivity contribution in [2.75, 3.05) is 45.2 Å². The molecule has 0 unspecified atom stereocenters. The molecule has 0 aliphatic carbocycles. The summed E-state index contributed by atoms with van der Waals surface area (Å²) in [7, 11) is 1.75. The highest BCUT2D eigenvalue weighted by Gasteiger charge is 2.24. The fourth-order valence-corrected chi connectivity index (χ4v) is 4.01. The maximum absolute atomic E-state index is 12.3. The van der Waals surface area contributed by atoms with Crippen LogP contribution in [-0.4, -0.2) is 68.1 Å². The van der Waals surface area contributed by atoms with Gasteiger partial charge in [-0.15, -0.1) is 0 Å². The number of allylic oxidation sites excluding steroid dienone is 1. The van der Waals surface area contributed by atoms with Crippen molar-refractivity contribution < 1.29 is 28.6 Å². The van der Waals surface area contributed by atoms with Crippen molar-refractivity contribution in [2.24, 2.45) is 0 Å². The Morgan fingerprint density at radius 2 is 1.42 bits per heavy atom. The molecule has 0 aromatic heterocycles. The van der Waals surface area contributed by atoms with Crippen LogP contribution < -0.4 is 19.5 Å². The quantitative estimate of drug-likeness (QED) is 0.494. The van der Waals surface area contributed by atoms with Crippen LogP contribution in [-0.2, 0) is 4.79 Å². The van der Waals surface area contributed by atoms with Crippen molar-refractivity contribution in [1.29, 1.82) is 0 Å². The summed E-state index contributed by atoms with van der Waals surface area (Å²) < 4.78 is 17.0. The van der Waals surface area contributed by atoms with Gasteiger partial charge in [-0.3, -0.25) is 4.79 Å². The van der Waals surface area contributed by atoms with Gasteiger partial charge in [0.15, 0.2) is 6.29 Å². The number of rotatable bonds is 9. The van der Waals surface area contributed by atoms with Crippen molar-refractivity contribution in [3.05, 3.63) is 47.5 Å². The summed E-state index contributed by atoms with van der Waals surface area (Å²) in [6, 6.07) is 10.2. The SMILES string of the molecule is CCN(CC)C(=O)Oc1ccc(C2=C(C=O)c3ccc(OC(=O)N(CC)CC)cc3OC2)c(NC)c1. The molecule has 2 aromatic carbocycles. The summed E-state index contributed by atoms with van der Waals surface area (Å²) >= 11 is 0. The van der Waals surface area contributed by atoms with Crippen LogP contribution in [0.1, 0.15) is 38.8 Å². The largest absolute Gasteiger partial charge is 0.488 e. The lowest BCUT2D eigenvalue weighted by Crippen LogP contribution is -2.33. The number of anilines is 1. The monoisotopic (exact) mass is 495 g/mol. The third kappa shape index (κ3) is 5.62. The molecule has 1 N–H and O–H groups in total. The molecule has 0 bridgehead atoms.